The Morgan fingerprint density at radius 2 is 2.15 bits per heavy atom. The van der Waals surface area contributed by atoms with Gasteiger partial charge >= 0.3 is 0 Å². The number of nitrogens with one attached hydrogen (secondary N) is 1. The first-order valence-corrected chi connectivity index (χ1v) is 9.62. The smallest absolute Gasteiger partial charge is 0.194 e. The van der Waals surface area contributed by atoms with Crippen molar-refractivity contribution in [3.05, 3.63) is 18.0 Å². The van der Waals surface area contributed by atoms with Crippen molar-refractivity contribution in [2.75, 3.05) is 52.4 Å². The largest absolute Gasteiger partial charge is 0.370 e. The molecule has 1 aromatic rings. The number of rotatable bonds is 6. The summed E-state index contributed by atoms with van der Waals surface area (Å²) in [5, 5.41) is 7.71. The molecule has 2 aliphatic rings. The summed E-state index contributed by atoms with van der Waals surface area (Å²) in [4.78, 5) is 9.73. The molecule has 2 aliphatic heterocycles. The average Bonchev–Trinajstić information content (AvgIpc) is 3.29. The zero-order valence-electron chi connectivity index (χ0n) is 16.1. The number of ether oxygens (including phenoxy) is 1. The van der Waals surface area contributed by atoms with Gasteiger partial charge in [0.2, 0.25) is 0 Å². The van der Waals surface area contributed by atoms with E-state index < -0.39 is 0 Å². The third kappa shape index (κ3) is 6.09. The van der Waals surface area contributed by atoms with Crippen LogP contribution in [0.1, 0.15) is 37.9 Å². The molecule has 0 saturated carbocycles. The topological polar surface area (TPSA) is 57.9 Å². The van der Waals surface area contributed by atoms with E-state index in [4.69, 9.17) is 9.73 Å². The lowest BCUT2D eigenvalue weighted by Gasteiger charge is -2.34. The molecule has 1 unspecified atom stereocenters. The van der Waals surface area contributed by atoms with E-state index in [2.05, 4.69) is 27.1 Å². The Hall–Kier alpha value is -0.870. The van der Waals surface area contributed by atoms with Gasteiger partial charge in [0.15, 0.2) is 5.96 Å². The average molecular weight is 476 g/mol. The van der Waals surface area contributed by atoms with Gasteiger partial charge in [-0.3, -0.25) is 9.67 Å². The van der Waals surface area contributed by atoms with E-state index in [-0.39, 0.29) is 30.1 Å². The van der Waals surface area contributed by atoms with Crippen molar-refractivity contribution in [1.29, 1.82) is 0 Å². The minimum atomic E-state index is 0. The van der Waals surface area contributed by atoms with Gasteiger partial charge < -0.3 is 19.9 Å². The first-order chi connectivity index (χ1) is 12.3. The SMILES string of the molecule is CCNC(=NCCCN1CCCC1)N1CCOC(c2cnn(C)c2)C1.I. The number of aliphatic imine (C=N–C) groups is 1. The van der Waals surface area contributed by atoms with Gasteiger partial charge in [0.1, 0.15) is 6.10 Å². The van der Waals surface area contributed by atoms with Gasteiger partial charge in [-0.15, -0.1) is 24.0 Å². The number of aryl methyl sites for hydroxylation is 1. The Kier molecular flexibility index (Phi) is 9.13. The lowest BCUT2D eigenvalue weighted by molar-refractivity contribution is -0.00804. The molecule has 3 rings (SSSR count). The summed E-state index contributed by atoms with van der Waals surface area (Å²) >= 11 is 0. The summed E-state index contributed by atoms with van der Waals surface area (Å²) < 4.78 is 7.77. The van der Waals surface area contributed by atoms with Gasteiger partial charge in [0, 0.05) is 38.4 Å². The Morgan fingerprint density at radius 3 is 2.85 bits per heavy atom. The molecule has 7 nitrogen and oxygen atoms in total. The van der Waals surface area contributed by atoms with Crippen LogP contribution >= 0.6 is 24.0 Å². The molecular formula is C18H33IN6O. The standard InChI is InChI=1S/C18H32N6O.HI/c1-3-19-18(20-7-6-10-23-8-4-5-9-23)24-11-12-25-17(15-24)16-13-21-22(2)14-16;/h13-14,17H,3-12,15H2,1-2H3,(H,19,20);1H. The van der Waals surface area contributed by atoms with Crippen LogP contribution in [0.15, 0.2) is 17.4 Å². The van der Waals surface area contributed by atoms with E-state index in [0.717, 1.165) is 50.7 Å². The second-order valence-corrected chi connectivity index (χ2v) is 6.89. The second-order valence-electron chi connectivity index (χ2n) is 6.89. The van der Waals surface area contributed by atoms with Crippen molar-refractivity contribution in [2.24, 2.45) is 12.0 Å². The van der Waals surface area contributed by atoms with Gasteiger partial charge in [-0.1, -0.05) is 0 Å². The number of guanidine groups is 1. The van der Waals surface area contributed by atoms with Crippen LogP contribution in [-0.4, -0.2) is 78.0 Å². The Balaban J connectivity index is 0.00000243. The zero-order chi connectivity index (χ0) is 17.5. The van der Waals surface area contributed by atoms with Crippen LogP contribution in [0.25, 0.3) is 0 Å². The fourth-order valence-corrected chi connectivity index (χ4v) is 3.56. The third-order valence-electron chi connectivity index (χ3n) is 4.89. The maximum atomic E-state index is 5.94. The summed E-state index contributed by atoms with van der Waals surface area (Å²) in [5.41, 5.74) is 1.14. The Bertz CT molecular complexity index is 558. The highest BCUT2D eigenvalue weighted by Gasteiger charge is 2.25. The maximum Gasteiger partial charge on any atom is 0.194 e. The van der Waals surface area contributed by atoms with Gasteiger partial charge in [0.25, 0.3) is 0 Å². The van der Waals surface area contributed by atoms with Crippen molar-refractivity contribution in [1.82, 2.24) is 24.9 Å². The van der Waals surface area contributed by atoms with Gasteiger partial charge in [-0.05, 0) is 45.8 Å². The Morgan fingerprint density at radius 1 is 1.35 bits per heavy atom. The van der Waals surface area contributed by atoms with E-state index in [1.54, 1.807) is 0 Å². The van der Waals surface area contributed by atoms with E-state index in [0.29, 0.717) is 0 Å². The van der Waals surface area contributed by atoms with Crippen molar-refractivity contribution in [2.45, 2.75) is 32.3 Å². The van der Waals surface area contributed by atoms with Crippen LogP contribution in [0.2, 0.25) is 0 Å². The fourth-order valence-electron chi connectivity index (χ4n) is 3.56. The first kappa shape index (κ1) is 21.4. The highest BCUT2D eigenvalue weighted by atomic mass is 127. The monoisotopic (exact) mass is 476 g/mol. The van der Waals surface area contributed by atoms with Crippen LogP contribution in [0.5, 0.6) is 0 Å². The molecule has 0 aromatic carbocycles. The van der Waals surface area contributed by atoms with E-state index >= 15 is 0 Å². The van der Waals surface area contributed by atoms with E-state index in [1.165, 1.54) is 32.5 Å². The summed E-state index contributed by atoms with van der Waals surface area (Å²) in [5.74, 6) is 1.01. The molecule has 2 fully saturated rings. The predicted octanol–water partition coefficient (Wildman–Crippen LogP) is 1.86. The number of morpholine rings is 1. The van der Waals surface area contributed by atoms with Crippen molar-refractivity contribution < 1.29 is 4.74 Å². The van der Waals surface area contributed by atoms with Crippen LogP contribution in [0.4, 0.5) is 0 Å². The van der Waals surface area contributed by atoms with E-state index in [9.17, 15) is 0 Å². The minimum absolute atomic E-state index is 0. The number of halogens is 1. The summed E-state index contributed by atoms with van der Waals surface area (Å²) in [6.45, 7) is 10.0. The predicted molar refractivity (Wildman–Crippen MR) is 115 cm³/mol. The minimum Gasteiger partial charge on any atom is -0.370 e. The molecule has 0 amide bonds. The van der Waals surface area contributed by atoms with Crippen LogP contribution in [0.3, 0.4) is 0 Å². The maximum absolute atomic E-state index is 5.94. The van der Waals surface area contributed by atoms with Gasteiger partial charge in [-0.25, -0.2) is 0 Å². The van der Waals surface area contributed by atoms with Crippen molar-refractivity contribution >= 4 is 29.9 Å². The molecule has 0 spiro atoms. The molecule has 1 N–H and O–H groups in total. The van der Waals surface area contributed by atoms with Crippen molar-refractivity contribution in [3.63, 3.8) is 0 Å². The number of likely N-dealkylation sites (tertiary alicyclic amines) is 1. The summed E-state index contributed by atoms with van der Waals surface area (Å²) in [6, 6.07) is 0. The molecule has 8 heteroatoms. The molecule has 26 heavy (non-hydrogen) atoms. The molecule has 1 aromatic heterocycles. The second kappa shape index (κ2) is 11.1. The number of hydrogen-bond donors (Lipinski definition) is 1. The van der Waals surface area contributed by atoms with Crippen LogP contribution in [-0.2, 0) is 11.8 Å². The fraction of sp³-hybridized carbons (Fsp3) is 0.778. The molecule has 1 atom stereocenters. The quantitative estimate of drug-likeness (QED) is 0.294. The number of nitrogens with zero attached hydrogens (tertiary/aromatic N) is 5. The lowest BCUT2D eigenvalue weighted by Crippen LogP contribution is -2.48. The molecular weight excluding hydrogens is 443 g/mol. The normalized spacial score (nSPS) is 21.7. The third-order valence-corrected chi connectivity index (χ3v) is 4.89. The zero-order valence-corrected chi connectivity index (χ0v) is 18.4. The number of hydrogen-bond acceptors (Lipinski definition) is 4. The number of aromatic nitrogens is 2. The van der Waals surface area contributed by atoms with Crippen LogP contribution < -0.4 is 5.32 Å². The molecule has 3 heterocycles. The Labute approximate surface area is 174 Å². The summed E-state index contributed by atoms with van der Waals surface area (Å²) in [6.07, 6.45) is 7.84. The van der Waals surface area contributed by atoms with Crippen molar-refractivity contribution in [3.8, 4) is 0 Å². The molecule has 2 saturated heterocycles. The summed E-state index contributed by atoms with van der Waals surface area (Å²) in [7, 11) is 1.94. The van der Waals surface area contributed by atoms with Crippen LogP contribution in [0, 0.1) is 0 Å². The van der Waals surface area contributed by atoms with E-state index in [1.807, 2.05) is 24.1 Å². The van der Waals surface area contributed by atoms with Gasteiger partial charge in [-0.2, -0.15) is 5.10 Å². The highest BCUT2D eigenvalue weighted by molar-refractivity contribution is 14.0. The molecule has 148 valence electrons. The first-order valence-electron chi connectivity index (χ1n) is 9.62. The molecule has 0 bridgehead atoms. The lowest BCUT2D eigenvalue weighted by atomic mass is 10.1. The molecule has 0 aliphatic carbocycles. The highest BCUT2D eigenvalue weighted by Crippen LogP contribution is 2.21. The molecule has 0 radical (unpaired) electrons. The van der Waals surface area contributed by atoms with Gasteiger partial charge in [0.05, 0.1) is 19.3 Å².